The van der Waals surface area contributed by atoms with Gasteiger partial charge in [-0.15, -0.1) is 0 Å². The largest absolute Gasteiger partial charge is 0.448 e. The molecule has 0 spiro atoms. The number of nitrogens with zero attached hydrogens (tertiary/aromatic N) is 1. The summed E-state index contributed by atoms with van der Waals surface area (Å²) in [5.41, 5.74) is 4.78. The van der Waals surface area contributed by atoms with Crippen molar-refractivity contribution in [1.29, 1.82) is 0 Å². The normalized spacial score (nSPS) is 11.2. The lowest BCUT2D eigenvalue weighted by Crippen LogP contribution is -2.46. The summed E-state index contributed by atoms with van der Waals surface area (Å²) < 4.78 is 4.97. The number of carbonyl (C=O) groups excluding carboxylic acids is 3. The fourth-order valence-electron chi connectivity index (χ4n) is 1.67. The number of pyridine rings is 1. The van der Waals surface area contributed by atoms with Crippen molar-refractivity contribution in [2.24, 2.45) is 0 Å². The first-order chi connectivity index (χ1) is 11.5. The van der Waals surface area contributed by atoms with Crippen LogP contribution in [-0.4, -0.2) is 28.9 Å². The summed E-state index contributed by atoms with van der Waals surface area (Å²) in [6.45, 7) is 1.37. The molecule has 24 heavy (non-hydrogen) atoms. The van der Waals surface area contributed by atoms with E-state index in [1.54, 1.807) is 30.3 Å². The Labute approximate surface area is 143 Å². The van der Waals surface area contributed by atoms with Gasteiger partial charge in [0.1, 0.15) is 5.69 Å². The summed E-state index contributed by atoms with van der Waals surface area (Å²) in [7, 11) is 0. The molecular weight excluding hydrogens is 334 g/mol. The number of ether oxygens (including phenoxy) is 1. The molecule has 0 aliphatic carbocycles. The van der Waals surface area contributed by atoms with Crippen LogP contribution in [0.1, 0.15) is 27.8 Å². The molecule has 0 saturated carbocycles. The predicted molar refractivity (Wildman–Crippen MR) is 86.2 cm³/mol. The van der Waals surface area contributed by atoms with Gasteiger partial charge < -0.3 is 4.74 Å². The summed E-state index contributed by atoms with van der Waals surface area (Å²) in [6, 6.07) is 11.2. The van der Waals surface area contributed by atoms with Crippen LogP contribution in [0.2, 0.25) is 5.02 Å². The monoisotopic (exact) mass is 347 g/mol. The molecule has 0 unspecified atom stereocenters. The molecule has 0 radical (unpaired) electrons. The van der Waals surface area contributed by atoms with Crippen molar-refractivity contribution in [3.8, 4) is 0 Å². The number of rotatable bonds is 4. The third kappa shape index (κ3) is 4.79. The van der Waals surface area contributed by atoms with E-state index >= 15 is 0 Å². The molecule has 0 aliphatic rings. The van der Waals surface area contributed by atoms with Crippen LogP contribution in [0.5, 0.6) is 0 Å². The highest BCUT2D eigenvalue weighted by Gasteiger charge is 2.20. The number of amides is 2. The zero-order chi connectivity index (χ0) is 17.5. The fourth-order valence-corrected chi connectivity index (χ4v) is 1.83. The number of hydrazine groups is 1. The average molecular weight is 348 g/mol. The van der Waals surface area contributed by atoms with Crippen molar-refractivity contribution in [2.75, 3.05) is 0 Å². The van der Waals surface area contributed by atoms with E-state index in [1.165, 1.54) is 25.3 Å². The van der Waals surface area contributed by atoms with Gasteiger partial charge in [-0.1, -0.05) is 29.8 Å². The molecule has 124 valence electrons. The number of nitrogens with one attached hydrogen (secondary N) is 2. The Morgan fingerprint density at radius 1 is 1.12 bits per heavy atom. The molecule has 2 aromatic rings. The van der Waals surface area contributed by atoms with E-state index in [2.05, 4.69) is 15.8 Å². The van der Waals surface area contributed by atoms with Gasteiger partial charge in [-0.25, -0.2) is 9.78 Å². The van der Waals surface area contributed by atoms with E-state index in [0.717, 1.165) is 0 Å². The number of aromatic nitrogens is 1. The maximum Gasteiger partial charge on any atom is 0.357 e. The van der Waals surface area contributed by atoms with Crippen LogP contribution >= 0.6 is 11.6 Å². The fraction of sp³-hybridized carbons (Fsp3) is 0.125. The van der Waals surface area contributed by atoms with Gasteiger partial charge in [-0.3, -0.25) is 20.4 Å². The topological polar surface area (TPSA) is 97.4 Å². The number of hydrogen-bond acceptors (Lipinski definition) is 5. The Bertz CT molecular complexity index is 752. The quantitative estimate of drug-likeness (QED) is 0.648. The maximum atomic E-state index is 11.9. The first kappa shape index (κ1) is 17.4. The number of halogens is 1. The minimum Gasteiger partial charge on any atom is -0.448 e. The first-order valence-corrected chi connectivity index (χ1v) is 7.33. The number of benzene rings is 1. The minimum atomic E-state index is -1.13. The van der Waals surface area contributed by atoms with Crippen LogP contribution in [0.4, 0.5) is 0 Å². The highest BCUT2D eigenvalue weighted by atomic mass is 35.5. The summed E-state index contributed by atoms with van der Waals surface area (Å²) >= 11 is 5.76. The summed E-state index contributed by atoms with van der Waals surface area (Å²) in [5, 5.41) is 0.323. The third-order valence-electron chi connectivity index (χ3n) is 2.92. The molecule has 0 fully saturated rings. The standard InChI is InChI=1S/C16H14ClN3O4/c1-10(24-16(23)13-9-12(17)7-8-18-13)14(21)19-20-15(22)11-5-3-2-4-6-11/h2-10H,1H3,(H,19,21)(H,20,22)/t10-/m0/s1. The van der Waals surface area contributed by atoms with Crippen LogP contribution in [-0.2, 0) is 9.53 Å². The maximum absolute atomic E-state index is 11.9. The molecule has 1 aromatic carbocycles. The Morgan fingerprint density at radius 2 is 1.83 bits per heavy atom. The zero-order valence-corrected chi connectivity index (χ0v) is 13.4. The van der Waals surface area contributed by atoms with Crippen LogP contribution < -0.4 is 10.9 Å². The number of esters is 1. The molecule has 0 saturated heterocycles. The Balaban J connectivity index is 1.86. The van der Waals surface area contributed by atoms with Crippen molar-refractivity contribution in [1.82, 2.24) is 15.8 Å². The Morgan fingerprint density at radius 3 is 2.50 bits per heavy atom. The lowest BCUT2D eigenvalue weighted by Gasteiger charge is -2.13. The lowest BCUT2D eigenvalue weighted by molar-refractivity contribution is -0.129. The molecule has 7 nitrogen and oxygen atoms in total. The molecular formula is C16H14ClN3O4. The van der Waals surface area contributed by atoms with Crippen LogP contribution in [0.15, 0.2) is 48.7 Å². The number of carbonyl (C=O) groups is 3. The smallest absolute Gasteiger partial charge is 0.357 e. The van der Waals surface area contributed by atoms with Gasteiger partial charge in [0.15, 0.2) is 6.10 Å². The summed E-state index contributed by atoms with van der Waals surface area (Å²) in [4.78, 5) is 39.3. The second kappa shape index (κ2) is 8.07. The summed E-state index contributed by atoms with van der Waals surface area (Å²) in [6.07, 6.45) is 0.221. The first-order valence-electron chi connectivity index (χ1n) is 6.95. The van der Waals surface area contributed by atoms with E-state index < -0.39 is 23.9 Å². The van der Waals surface area contributed by atoms with Gasteiger partial charge >= 0.3 is 5.97 Å². The zero-order valence-electron chi connectivity index (χ0n) is 12.7. The van der Waals surface area contributed by atoms with Gasteiger partial charge in [0.2, 0.25) is 0 Å². The predicted octanol–water partition coefficient (Wildman–Crippen LogP) is 1.74. The van der Waals surface area contributed by atoms with E-state index in [9.17, 15) is 14.4 Å². The van der Waals surface area contributed by atoms with Gasteiger partial charge in [-0.05, 0) is 31.2 Å². The molecule has 8 heteroatoms. The van der Waals surface area contributed by atoms with Crippen LogP contribution in [0.3, 0.4) is 0 Å². The molecule has 0 bridgehead atoms. The lowest BCUT2D eigenvalue weighted by atomic mass is 10.2. The van der Waals surface area contributed by atoms with Gasteiger partial charge in [0.25, 0.3) is 11.8 Å². The molecule has 1 aromatic heterocycles. The minimum absolute atomic E-state index is 0.0181. The average Bonchev–Trinajstić information content (AvgIpc) is 2.60. The van der Waals surface area contributed by atoms with Crippen molar-refractivity contribution in [2.45, 2.75) is 13.0 Å². The van der Waals surface area contributed by atoms with Crippen molar-refractivity contribution in [3.63, 3.8) is 0 Å². The third-order valence-corrected chi connectivity index (χ3v) is 3.15. The molecule has 2 N–H and O–H groups in total. The van der Waals surface area contributed by atoms with Gasteiger partial charge in [-0.2, -0.15) is 0 Å². The molecule has 1 atom stereocenters. The highest BCUT2D eigenvalue weighted by Crippen LogP contribution is 2.09. The van der Waals surface area contributed by atoms with Crippen molar-refractivity contribution in [3.05, 3.63) is 64.9 Å². The molecule has 2 rings (SSSR count). The van der Waals surface area contributed by atoms with E-state index in [1.807, 2.05) is 0 Å². The number of hydrogen-bond donors (Lipinski definition) is 2. The van der Waals surface area contributed by atoms with Crippen LogP contribution in [0.25, 0.3) is 0 Å². The van der Waals surface area contributed by atoms with Gasteiger partial charge in [0, 0.05) is 16.8 Å². The second-order valence-electron chi connectivity index (χ2n) is 4.72. The SMILES string of the molecule is C[C@H](OC(=O)c1cc(Cl)ccn1)C(=O)NNC(=O)c1ccccc1. The Kier molecular flexibility index (Phi) is 5.86. The molecule has 0 aliphatic heterocycles. The molecule has 2 amide bonds. The van der Waals surface area contributed by atoms with Crippen LogP contribution in [0, 0.1) is 0 Å². The van der Waals surface area contributed by atoms with Gasteiger partial charge in [0.05, 0.1) is 0 Å². The second-order valence-corrected chi connectivity index (χ2v) is 5.15. The van der Waals surface area contributed by atoms with Crippen molar-refractivity contribution < 1.29 is 19.1 Å². The Hall–Kier alpha value is -2.93. The molecule has 1 heterocycles. The summed E-state index contributed by atoms with van der Waals surface area (Å²) in [5.74, 6) is -1.97. The van der Waals surface area contributed by atoms with E-state index in [4.69, 9.17) is 16.3 Å². The highest BCUT2D eigenvalue weighted by molar-refractivity contribution is 6.30. The van der Waals surface area contributed by atoms with Crippen molar-refractivity contribution >= 4 is 29.4 Å². The van der Waals surface area contributed by atoms with E-state index in [0.29, 0.717) is 10.6 Å². The van der Waals surface area contributed by atoms with E-state index in [-0.39, 0.29) is 5.69 Å².